The van der Waals surface area contributed by atoms with E-state index in [0.717, 1.165) is 67.4 Å². The van der Waals surface area contributed by atoms with Crippen LogP contribution < -0.4 is 19.9 Å². The summed E-state index contributed by atoms with van der Waals surface area (Å²) < 4.78 is 5.33. The van der Waals surface area contributed by atoms with Crippen molar-refractivity contribution in [3.8, 4) is 5.75 Å². The highest BCUT2D eigenvalue weighted by Gasteiger charge is 2.21. The van der Waals surface area contributed by atoms with E-state index in [9.17, 15) is 0 Å². The lowest BCUT2D eigenvalue weighted by Crippen LogP contribution is -2.46. The van der Waals surface area contributed by atoms with Crippen LogP contribution in [0.1, 0.15) is 5.69 Å². The Labute approximate surface area is 183 Å². The number of anilines is 4. The molecule has 1 saturated heterocycles. The van der Waals surface area contributed by atoms with Gasteiger partial charge in [0.25, 0.3) is 0 Å². The summed E-state index contributed by atoms with van der Waals surface area (Å²) in [5, 5.41) is 3.39. The van der Waals surface area contributed by atoms with Crippen molar-refractivity contribution < 1.29 is 4.74 Å². The Morgan fingerprint density at radius 2 is 1.84 bits per heavy atom. The van der Waals surface area contributed by atoms with Gasteiger partial charge in [-0.1, -0.05) is 12.1 Å². The summed E-state index contributed by atoms with van der Waals surface area (Å²) in [6.07, 6.45) is 1.85. The van der Waals surface area contributed by atoms with E-state index in [1.54, 1.807) is 7.11 Å². The van der Waals surface area contributed by atoms with E-state index in [1.165, 1.54) is 0 Å². The van der Waals surface area contributed by atoms with Gasteiger partial charge >= 0.3 is 0 Å². The predicted molar refractivity (Wildman–Crippen MR) is 124 cm³/mol. The third-order valence-electron chi connectivity index (χ3n) is 5.27. The molecule has 1 fully saturated rings. The van der Waals surface area contributed by atoms with E-state index in [4.69, 9.17) is 14.7 Å². The fraction of sp³-hybridized carbons (Fsp3) is 0.348. The Hall–Kier alpha value is -3.39. The fourth-order valence-corrected chi connectivity index (χ4v) is 3.53. The fourth-order valence-electron chi connectivity index (χ4n) is 3.53. The highest BCUT2D eigenvalue weighted by molar-refractivity contribution is 5.63. The molecule has 1 aliphatic rings. The van der Waals surface area contributed by atoms with Crippen molar-refractivity contribution in [3.05, 3.63) is 60.4 Å². The summed E-state index contributed by atoms with van der Waals surface area (Å²) in [7, 11) is 5.65. The van der Waals surface area contributed by atoms with Crippen molar-refractivity contribution in [2.45, 2.75) is 6.54 Å². The first-order valence-corrected chi connectivity index (χ1v) is 10.5. The first-order chi connectivity index (χ1) is 15.1. The summed E-state index contributed by atoms with van der Waals surface area (Å²) in [5.41, 5.74) is 2.03. The Balaban J connectivity index is 1.47. The van der Waals surface area contributed by atoms with E-state index in [2.05, 4.69) is 26.2 Å². The molecule has 0 spiro atoms. The molecule has 4 rings (SSSR count). The van der Waals surface area contributed by atoms with Crippen LogP contribution in [-0.4, -0.2) is 67.2 Å². The van der Waals surface area contributed by atoms with Gasteiger partial charge in [-0.25, -0.2) is 0 Å². The Kier molecular flexibility index (Phi) is 6.47. The Morgan fingerprint density at radius 1 is 1.00 bits per heavy atom. The molecule has 3 aromatic rings. The van der Waals surface area contributed by atoms with Crippen LogP contribution in [0.3, 0.4) is 0 Å². The van der Waals surface area contributed by atoms with Crippen molar-refractivity contribution in [1.29, 1.82) is 0 Å². The smallest absolute Gasteiger partial charge is 0.229 e. The minimum absolute atomic E-state index is 0.745. The van der Waals surface area contributed by atoms with Crippen molar-refractivity contribution in [3.63, 3.8) is 0 Å². The summed E-state index contributed by atoms with van der Waals surface area (Å²) >= 11 is 0. The van der Waals surface area contributed by atoms with Gasteiger partial charge in [0.15, 0.2) is 0 Å². The molecule has 31 heavy (non-hydrogen) atoms. The first kappa shape index (κ1) is 20.9. The lowest BCUT2D eigenvalue weighted by atomic mass is 10.2. The minimum Gasteiger partial charge on any atom is -0.497 e. The molecular formula is C23H29N7O. The topological polar surface area (TPSA) is 69.7 Å². The van der Waals surface area contributed by atoms with E-state index >= 15 is 0 Å². The van der Waals surface area contributed by atoms with Crippen molar-refractivity contribution in [2.75, 3.05) is 62.5 Å². The number of ether oxygens (including phenoxy) is 1. The van der Waals surface area contributed by atoms with Gasteiger partial charge in [-0.15, -0.1) is 0 Å². The van der Waals surface area contributed by atoms with E-state index in [0.29, 0.717) is 0 Å². The zero-order valence-electron chi connectivity index (χ0n) is 18.3. The average Bonchev–Trinajstić information content (AvgIpc) is 2.80. The van der Waals surface area contributed by atoms with Crippen LogP contribution in [0.25, 0.3) is 0 Å². The van der Waals surface area contributed by atoms with E-state index in [1.807, 2.05) is 67.7 Å². The molecular weight excluding hydrogens is 390 g/mol. The van der Waals surface area contributed by atoms with Crippen LogP contribution in [0, 0.1) is 0 Å². The Bertz CT molecular complexity index is 988. The number of hydrogen-bond donors (Lipinski definition) is 1. The third-order valence-corrected chi connectivity index (χ3v) is 5.27. The van der Waals surface area contributed by atoms with Gasteiger partial charge in [0, 0.05) is 70.8 Å². The van der Waals surface area contributed by atoms with Gasteiger partial charge in [0.2, 0.25) is 5.95 Å². The van der Waals surface area contributed by atoms with Crippen molar-refractivity contribution in [1.82, 2.24) is 19.9 Å². The number of hydrogen-bond acceptors (Lipinski definition) is 8. The molecule has 3 heterocycles. The maximum atomic E-state index is 5.33. The second-order valence-corrected chi connectivity index (χ2v) is 7.75. The SMILES string of the molecule is COc1cccc(Nc2cc(N(C)C)nc(N3CCN(Cc4ccccn4)CC3)n2)c1. The number of nitrogens with zero attached hydrogens (tertiary/aromatic N) is 6. The molecule has 1 N–H and O–H groups in total. The molecule has 8 heteroatoms. The van der Waals surface area contributed by atoms with E-state index < -0.39 is 0 Å². The number of rotatable bonds is 7. The maximum absolute atomic E-state index is 5.33. The molecule has 1 aromatic carbocycles. The molecule has 162 valence electrons. The standard InChI is InChI=1S/C23H29N7O/c1-28(2)22-16-21(25-18-8-6-9-20(15-18)31-3)26-23(27-22)30-13-11-29(12-14-30)17-19-7-4-5-10-24-19/h4-10,15-16H,11-14,17H2,1-3H3,(H,25,26,27). The van der Waals surface area contributed by atoms with Crippen molar-refractivity contribution in [2.24, 2.45) is 0 Å². The van der Waals surface area contributed by atoms with Crippen LogP contribution in [-0.2, 0) is 6.54 Å². The van der Waals surface area contributed by atoms with Gasteiger partial charge in [-0.2, -0.15) is 9.97 Å². The highest BCUT2D eigenvalue weighted by Crippen LogP contribution is 2.25. The second kappa shape index (κ2) is 9.61. The summed E-state index contributed by atoms with van der Waals surface area (Å²) in [5.74, 6) is 3.18. The summed E-state index contributed by atoms with van der Waals surface area (Å²) in [6.45, 7) is 4.52. The van der Waals surface area contributed by atoms with Gasteiger partial charge in [0.1, 0.15) is 17.4 Å². The monoisotopic (exact) mass is 419 g/mol. The second-order valence-electron chi connectivity index (χ2n) is 7.75. The highest BCUT2D eigenvalue weighted by atomic mass is 16.5. The average molecular weight is 420 g/mol. The predicted octanol–water partition coefficient (Wildman–Crippen LogP) is 3.01. The molecule has 0 radical (unpaired) electrons. The van der Waals surface area contributed by atoms with Crippen LogP contribution in [0.2, 0.25) is 0 Å². The summed E-state index contributed by atoms with van der Waals surface area (Å²) in [4.78, 5) is 20.7. The quantitative estimate of drug-likeness (QED) is 0.627. The van der Waals surface area contributed by atoms with Crippen LogP contribution in [0.15, 0.2) is 54.7 Å². The molecule has 1 aliphatic heterocycles. The lowest BCUT2D eigenvalue weighted by Gasteiger charge is -2.35. The van der Waals surface area contributed by atoms with Crippen LogP contribution >= 0.6 is 0 Å². The van der Waals surface area contributed by atoms with Gasteiger partial charge in [0.05, 0.1) is 12.8 Å². The molecule has 2 aromatic heterocycles. The number of methoxy groups -OCH3 is 1. The maximum Gasteiger partial charge on any atom is 0.229 e. The van der Waals surface area contributed by atoms with Gasteiger partial charge in [-0.05, 0) is 24.3 Å². The Morgan fingerprint density at radius 3 is 2.55 bits per heavy atom. The molecule has 0 atom stereocenters. The third kappa shape index (κ3) is 5.40. The van der Waals surface area contributed by atoms with Gasteiger partial charge < -0.3 is 19.9 Å². The van der Waals surface area contributed by atoms with Gasteiger partial charge in [-0.3, -0.25) is 9.88 Å². The number of aromatic nitrogens is 3. The van der Waals surface area contributed by atoms with Crippen molar-refractivity contribution >= 4 is 23.3 Å². The normalized spacial score (nSPS) is 14.4. The number of nitrogens with one attached hydrogen (secondary N) is 1. The van der Waals surface area contributed by atoms with E-state index in [-0.39, 0.29) is 0 Å². The molecule has 0 amide bonds. The molecule has 0 unspecified atom stereocenters. The summed E-state index contributed by atoms with van der Waals surface area (Å²) in [6, 6.07) is 15.9. The number of pyridine rings is 1. The lowest BCUT2D eigenvalue weighted by molar-refractivity contribution is 0.246. The molecule has 0 saturated carbocycles. The zero-order valence-corrected chi connectivity index (χ0v) is 18.3. The molecule has 0 aliphatic carbocycles. The molecule has 0 bridgehead atoms. The zero-order chi connectivity index (χ0) is 21.6. The largest absolute Gasteiger partial charge is 0.497 e. The number of benzene rings is 1. The van der Waals surface area contributed by atoms with Crippen LogP contribution in [0.5, 0.6) is 5.75 Å². The van der Waals surface area contributed by atoms with Crippen LogP contribution in [0.4, 0.5) is 23.3 Å². The molecule has 8 nitrogen and oxygen atoms in total. The number of piperazine rings is 1. The first-order valence-electron chi connectivity index (χ1n) is 10.5. The minimum atomic E-state index is 0.745.